The third-order valence-electron chi connectivity index (χ3n) is 2.37. The molecule has 10 heteroatoms. The third-order valence-corrected chi connectivity index (χ3v) is 2.83. The van der Waals surface area contributed by atoms with Gasteiger partial charge in [-0.2, -0.15) is 0 Å². The molecule has 0 fully saturated rings. The van der Waals surface area contributed by atoms with Gasteiger partial charge in [-0.15, -0.1) is 0 Å². The van der Waals surface area contributed by atoms with Crippen LogP contribution in [0.1, 0.15) is 5.56 Å². The molecular formula is C11H10Cl3NO6. The second-order valence-corrected chi connectivity index (χ2v) is 5.95. The standard InChI is InChI=1S/C11H10Cl3NO6/c1-19-8-3-6(5-21-10(16)11(12,13)14)7(15(17)18)4-9(8)20-2/h3-4H,5H2,1-2H3. The minimum atomic E-state index is -2.26. The van der Waals surface area contributed by atoms with Crippen LogP contribution in [0.4, 0.5) is 5.69 Å². The maximum atomic E-state index is 11.4. The molecule has 1 aromatic carbocycles. The summed E-state index contributed by atoms with van der Waals surface area (Å²) in [6.45, 7) is -0.455. The lowest BCUT2D eigenvalue weighted by Crippen LogP contribution is -2.21. The Morgan fingerprint density at radius 2 is 1.76 bits per heavy atom. The largest absolute Gasteiger partial charge is 0.493 e. The summed E-state index contributed by atoms with van der Waals surface area (Å²) in [5, 5.41) is 11.0. The van der Waals surface area contributed by atoms with E-state index in [1.54, 1.807) is 0 Å². The van der Waals surface area contributed by atoms with Crippen molar-refractivity contribution in [1.29, 1.82) is 0 Å². The van der Waals surface area contributed by atoms with E-state index in [0.29, 0.717) is 0 Å². The number of benzene rings is 1. The SMILES string of the molecule is COc1cc(COC(=O)C(Cl)(Cl)Cl)c([N+](=O)[O-])cc1OC. The fraction of sp³-hybridized carbons (Fsp3) is 0.364. The molecule has 0 aliphatic heterocycles. The minimum absolute atomic E-state index is 0.0697. The molecule has 1 rings (SSSR count). The number of rotatable bonds is 5. The highest BCUT2D eigenvalue weighted by Crippen LogP contribution is 2.35. The lowest BCUT2D eigenvalue weighted by atomic mass is 10.1. The average Bonchev–Trinajstić information content (AvgIpc) is 2.42. The summed E-state index contributed by atoms with van der Waals surface area (Å²) in [7, 11) is 2.70. The van der Waals surface area contributed by atoms with Crippen LogP contribution < -0.4 is 9.47 Å². The van der Waals surface area contributed by atoms with Gasteiger partial charge in [0.1, 0.15) is 6.61 Å². The minimum Gasteiger partial charge on any atom is -0.493 e. The summed E-state index contributed by atoms with van der Waals surface area (Å²) >= 11 is 16.0. The number of esters is 1. The number of ether oxygens (including phenoxy) is 3. The molecule has 0 aromatic heterocycles. The summed E-state index contributed by atoms with van der Waals surface area (Å²) in [5.41, 5.74) is -0.245. The van der Waals surface area contributed by atoms with E-state index < -0.39 is 21.3 Å². The summed E-state index contributed by atoms with van der Waals surface area (Å²) in [5.74, 6) is -0.736. The number of carbonyl (C=O) groups is 1. The molecule has 0 saturated heterocycles. The van der Waals surface area contributed by atoms with Gasteiger partial charge < -0.3 is 14.2 Å². The number of nitro benzene ring substituents is 1. The van der Waals surface area contributed by atoms with Crippen molar-refractivity contribution in [2.75, 3.05) is 14.2 Å². The van der Waals surface area contributed by atoms with E-state index in [4.69, 9.17) is 49.0 Å². The molecule has 21 heavy (non-hydrogen) atoms. The number of hydrogen-bond acceptors (Lipinski definition) is 6. The first kappa shape index (κ1) is 17.6. The molecule has 0 heterocycles. The Kier molecular flexibility index (Phi) is 5.88. The van der Waals surface area contributed by atoms with Crippen molar-refractivity contribution >= 4 is 46.5 Å². The Bertz CT molecular complexity index is 558. The van der Waals surface area contributed by atoms with Gasteiger partial charge in [-0.25, -0.2) is 4.79 Å². The Labute approximate surface area is 134 Å². The molecule has 116 valence electrons. The Morgan fingerprint density at radius 3 is 2.19 bits per heavy atom. The van der Waals surface area contributed by atoms with E-state index in [9.17, 15) is 14.9 Å². The fourth-order valence-corrected chi connectivity index (χ4v) is 1.58. The number of methoxy groups -OCH3 is 2. The Hall–Kier alpha value is -1.44. The summed E-state index contributed by atoms with van der Waals surface area (Å²) in [6, 6.07) is 2.46. The first-order valence-electron chi connectivity index (χ1n) is 5.34. The predicted molar refractivity (Wildman–Crippen MR) is 76.3 cm³/mol. The van der Waals surface area contributed by atoms with Crippen LogP contribution in [-0.4, -0.2) is 28.9 Å². The van der Waals surface area contributed by atoms with Crippen molar-refractivity contribution in [3.8, 4) is 11.5 Å². The van der Waals surface area contributed by atoms with Crippen molar-refractivity contribution < 1.29 is 23.9 Å². The van der Waals surface area contributed by atoms with E-state index in [-0.39, 0.29) is 22.7 Å². The Morgan fingerprint density at radius 1 is 1.24 bits per heavy atom. The maximum absolute atomic E-state index is 11.4. The van der Waals surface area contributed by atoms with Crippen LogP contribution in [0.3, 0.4) is 0 Å². The zero-order chi connectivity index (χ0) is 16.2. The Balaban J connectivity index is 3.10. The smallest absolute Gasteiger partial charge is 0.358 e. The molecule has 0 aliphatic carbocycles. The summed E-state index contributed by atoms with van der Waals surface area (Å²) in [4.78, 5) is 21.7. The van der Waals surface area contributed by atoms with Gasteiger partial charge >= 0.3 is 5.97 Å². The highest BCUT2D eigenvalue weighted by molar-refractivity contribution is 6.75. The second kappa shape index (κ2) is 7.02. The highest BCUT2D eigenvalue weighted by Gasteiger charge is 2.33. The lowest BCUT2D eigenvalue weighted by molar-refractivity contribution is -0.385. The topological polar surface area (TPSA) is 87.9 Å². The average molecular weight is 359 g/mol. The number of carbonyl (C=O) groups excluding carboxylic acids is 1. The van der Waals surface area contributed by atoms with E-state index in [2.05, 4.69) is 0 Å². The molecule has 0 unspecified atom stereocenters. The van der Waals surface area contributed by atoms with E-state index in [1.165, 1.54) is 20.3 Å². The molecule has 0 atom stereocenters. The fourth-order valence-electron chi connectivity index (χ4n) is 1.42. The molecule has 0 bridgehead atoms. The van der Waals surface area contributed by atoms with E-state index in [1.807, 2.05) is 0 Å². The summed E-state index contributed by atoms with van der Waals surface area (Å²) < 4.78 is 12.4. The van der Waals surface area contributed by atoms with Crippen molar-refractivity contribution in [3.05, 3.63) is 27.8 Å². The van der Waals surface area contributed by atoms with Gasteiger partial charge in [0.05, 0.1) is 30.8 Å². The second-order valence-electron chi connectivity index (χ2n) is 3.67. The van der Waals surface area contributed by atoms with Crippen LogP contribution in [-0.2, 0) is 16.1 Å². The van der Waals surface area contributed by atoms with Crippen molar-refractivity contribution in [2.45, 2.75) is 10.4 Å². The van der Waals surface area contributed by atoms with Crippen LogP contribution in [0, 0.1) is 10.1 Å². The van der Waals surface area contributed by atoms with Crippen LogP contribution >= 0.6 is 34.8 Å². The van der Waals surface area contributed by atoms with Crippen LogP contribution in [0.25, 0.3) is 0 Å². The molecule has 1 aromatic rings. The van der Waals surface area contributed by atoms with Gasteiger partial charge in [-0.1, -0.05) is 34.8 Å². The van der Waals surface area contributed by atoms with Crippen molar-refractivity contribution in [1.82, 2.24) is 0 Å². The summed E-state index contributed by atoms with van der Waals surface area (Å²) in [6.07, 6.45) is 0. The van der Waals surface area contributed by atoms with E-state index >= 15 is 0 Å². The molecule has 0 aliphatic rings. The third kappa shape index (κ3) is 4.52. The zero-order valence-corrected chi connectivity index (χ0v) is 13.2. The van der Waals surface area contributed by atoms with Gasteiger partial charge in [0.15, 0.2) is 11.5 Å². The zero-order valence-electron chi connectivity index (χ0n) is 10.9. The highest BCUT2D eigenvalue weighted by atomic mass is 35.6. The number of hydrogen-bond donors (Lipinski definition) is 0. The first-order chi connectivity index (χ1) is 9.70. The van der Waals surface area contributed by atoms with Gasteiger partial charge in [0.25, 0.3) is 9.48 Å². The molecule has 7 nitrogen and oxygen atoms in total. The number of halogens is 3. The number of alkyl halides is 3. The molecule has 0 N–H and O–H groups in total. The van der Waals surface area contributed by atoms with Crippen LogP contribution in [0.5, 0.6) is 11.5 Å². The first-order valence-corrected chi connectivity index (χ1v) is 6.47. The van der Waals surface area contributed by atoms with Gasteiger partial charge in [0, 0.05) is 0 Å². The van der Waals surface area contributed by atoms with Gasteiger partial charge in [-0.3, -0.25) is 10.1 Å². The molecule has 0 spiro atoms. The van der Waals surface area contributed by atoms with Gasteiger partial charge in [0.2, 0.25) is 0 Å². The molecular weight excluding hydrogens is 348 g/mol. The van der Waals surface area contributed by atoms with Crippen molar-refractivity contribution in [2.24, 2.45) is 0 Å². The number of nitro groups is 1. The normalized spacial score (nSPS) is 10.9. The lowest BCUT2D eigenvalue weighted by Gasteiger charge is -2.13. The molecule has 0 radical (unpaired) electrons. The maximum Gasteiger partial charge on any atom is 0.358 e. The number of nitrogens with zero attached hydrogens (tertiary/aromatic N) is 1. The monoisotopic (exact) mass is 357 g/mol. The van der Waals surface area contributed by atoms with Crippen LogP contribution in [0.2, 0.25) is 0 Å². The van der Waals surface area contributed by atoms with Crippen LogP contribution in [0.15, 0.2) is 12.1 Å². The quantitative estimate of drug-likeness (QED) is 0.348. The molecule has 0 amide bonds. The van der Waals surface area contributed by atoms with Gasteiger partial charge in [-0.05, 0) is 6.07 Å². The van der Waals surface area contributed by atoms with E-state index in [0.717, 1.165) is 6.07 Å². The van der Waals surface area contributed by atoms with Crippen molar-refractivity contribution in [3.63, 3.8) is 0 Å². The predicted octanol–water partition coefficient (Wildman–Crippen LogP) is 3.03. The molecule has 0 saturated carbocycles.